The molecule has 9 heteroatoms. The van der Waals surface area contributed by atoms with Crippen molar-refractivity contribution in [2.45, 2.75) is 31.5 Å². The maximum atomic E-state index is 12.4. The second kappa shape index (κ2) is 9.99. The average molecular weight is 466 g/mol. The molecular weight excluding hydrogens is 438 g/mol. The van der Waals surface area contributed by atoms with E-state index in [2.05, 4.69) is 27.5 Å². The number of anilines is 1. The molecular formula is C24H27N5O3S. The van der Waals surface area contributed by atoms with Crippen molar-refractivity contribution in [3.05, 3.63) is 70.9 Å². The van der Waals surface area contributed by atoms with Gasteiger partial charge in [-0.1, -0.05) is 55.1 Å². The van der Waals surface area contributed by atoms with Crippen LogP contribution in [0.5, 0.6) is 11.5 Å². The molecule has 1 aliphatic heterocycles. The summed E-state index contributed by atoms with van der Waals surface area (Å²) in [5, 5.41) is 8.41. The molecule has 1 aromatic heterocycles. The number of allylic oxidation sites excluding steroid dienone is 1. The van der Waals surface area contributed by atoms with Crippen molar-refractivity contribution in [1.82, 2.24) is 14.8 Å². The van der Waals surface area contributed by atoms with Crippen molar-refractivity contribution in [1.29, 1.82) is 0 Å². The van der Waals surface area contributed by atoms with Crippen LogP contribution in [-0.4, -0.2) is 40.1 Å². The molecule has 172 valence electrons. The number of amides is 1. The molecule has 0 bridgehead atoms. The number of methoxy groups -OCH3 is 1. The number of nitrogens with two attached hydrogens (primary N) is 1. The lowest BCUT2D eigenvalue weighted by molar-refractivity contribution is -0.115. The SMILES string of the molecule is CCSc1nc2n(n1)C(c1ccc(OCCc3ccccc3)c(OC)c1)C(C(N)=O)=C(C)N2. The van der Waals surface area contributed by atoms with Crippen LogP contribution in [0.25, 0.3) is 0 Å². The second-order valence-electron chi connectivity index (χ2n) is 7.52. The number of primary amides is 1. The highest BCUT2D eigenvalue weighted by atomic mass is 32.2. The quantitative estimate of drug-likeness (QED) is 0.463. The molecule has 2 heterocycles. The summed E-state index contributed by atoms with van der Waals surface area (Å²) >= 11 is 1.53. The third kappa shape index (κ3) is 4.83. The van der Waals surface area contributed by atoms with Crippen LogP contribution >= 0.6 is 11.8 Å². The predicted molar refractivity (Wildman–Crippen MR) is 129 cm³/mol. The van der Waals surface area contributed by atoms with E-state index in [1.807, 2.05) is 50.2 Å². The van der Waals surface area contributed by atoms with Crippen LogP contribution < -0.4 is 20.5 Å². The molecule has 0 saturated carbocycles. The van der Waals surface area contributed by atoms with Crippen LogP contribution in [-0.2, 0) is 11.2 Å². The average Bonchev–Trinajstić information content (AvgIpc) is 3.21. The van der Waals surface area contributed by atoms with Gasteiger partial charge in [-0.25, -0.2) is 4.68 Å². The Bertz CT molecular complexity index is 1180. The summed E-state index contributed by atoms with van der Waals surface area (Å²) in [5.41, 5.74) is 8.86. The standard InChI is InChI=1S/C24H27N5O3S/c1-4-33-24-27-23-26-15(2)20(22(25)30)21(29(23)28-24)17-10-11-18(19(14-17)31-3)32-13-12-16-8-6-5-7-9-16/h5-11,14,21H,4,12-13H2,1-3H3,(H2,25,30)(H,26,27,28). The third-order valence-corrected chi connectivity index (χ3v) is 6.09. The zero-order chi connectivity index (χ0) is 23.4. The Balaban J connectivity index is 1.64. The Labute approximate surface area is 197 Å². The van der Waals surface area contributed by atoms with Gasteiger partial charge < -0.3 is 20.5 Å². The Kier molecular flexibility index (Phi) is 6.88. The van der Waals surface area contributed by atoms with Crippen molar-refractivity contribution in [2.75, 3.05) is 24.8 Å². The lowest BCUT2D eigenvalue weighted by Crippen LogP contribution is -2.31. The molecule has 1 amide bonds. The van der Waals surface area contributed by atoms with E-state index < -0.39 is 11.9 Å². The van der Waals surface area contributed by atoms with Crippen molar-refractivity contribution < 1.29 is 14.3 Å². The Morgan fingerprint density at radius 1 is 1.21 bits per heavy atom. The molecule has 1 atom stereocenters. The Morgan fingerprint density at radius 3 is 2.70 bits per heavy atom. The predicted octanol–water partition coefficient (Wildman–Crippen LogP) is 3.79. The van der Waals surface area contributed by atoms with E-state index in [1.165, 1.54) is 17.3 Å². The summed E-state index contributed by atoms with van der Waals surface area (Å²) in [6.07, 6.45) is 0.786. The maximum Gasteiger partial charge on any atom is 0.248 e. The number of nitrogens with zero attached hydrogens (tertiary/aromatic N) is 3. The number of hydrogen-bond acceptors (Lipinski definition) is 7. The lowest BCUT2D eigenvalue weighted by Gasteiger charge is -2.28. The molecule has 3 aromatic rings. The van der Waals surface area contributed by atoms with Gasteiger partial charge in [0.05, 0.1) is 19.3 Å². The van der Waals surface area contributed by atoms with Gasteiger partial charge >= 0.3 is 0 Å². The first kappa shape index (κ1) is 22.7. The van der Waals surface area contributed by atoms with Crippen molar-refractivity contribution in [2.24, 2.45) is 5.73 Å². The van der Waals surface area contributed by atoms with Gasteiger partial charge in [-0.3, -0.25) is 4.79 Å². The van der Waals surface area contributed by atoms with E-state index in [0.717, 1.165) is 17.7 Å². The number of benzene rings is 2. The van der Waals surface area contributed by atoms with Crippen LogP contribution in [0.15, 0.2) is 65.0 Å². The number of carbonyl (C=O) groups is 1. The summed E-state index contributed by atoms with van der Waals surface area (Å²) in [7, 11) is 1.60. The molecule has 0 fully saturated rings. The van der Waals surface area contributed by atoms with E-state index in [1.54, 1.807) is 11.8 Å². The fraction of sp³-hybridized carbons (Fsp3) is 0.292. The van der Waals surface area contributed by atoms with E-state index in [0.29, 0.717) is 40.5 Å². The summed E-state index contributed by atoms with van der Waals surface area (Å²) in [6.45, 7) is 4.37. The Hall–Kier alpha value is -3.46. The van der Waals surface area contributed by atoms with Crippen molar-refractivity contribution >= 4 is 23.6 Å². The summed E-state index contributed by atoms with van der Waals surface area (Å²) in [6, 6.07) is 15.3. The topological polar surface area (TPSA) is 104 Å². The van der Waals surface area contributed by atoms with Gasteiger partial charge in [0.2, 0.25) is 17.0 Å². The molecule has 33 heavy (non-hydrogen) atoms. The number of thioether (sulfide) groups is 1. The molecule has 1 unspecified atom stereocenters. The minimum absolute atomic E-state index is 0.431. The molecule has 8 nitrogen and oxygen atoms in total. The molecule has 0 saturated heterocycles. The van der Waals surface area contributed by atoms with Gasteiger partial charge in [-0.05, 0) is 35.9 Å². The number of hydrogen-bond donors (Lipinski definition) is 2. The van der Waals surface area contributed by atoms with Crippen molar-refractivity contribution in [3.63, 3.8) is 0 Å². The summed E-state index contributed by atoms with van der Waals surface area (Å²) in [5.74, 6) is 2.10. The number of nitrogens with one attached hydrogen (secondary N) is 1. The van der Waals surface area contributed by atoms with Crippen molar-refractivity contribution in [3.8, 4) is 11.5 Å². The minimum atomic E-state index is -0.523. The van der Waals surface area contributed by atoms with E-state index in [4.69, 9.17) is 15.2 Å². The van der Waals surface area contributed by atoms with Crippen LogP contribution in [0.4, 0.5) is 5.95 Å². The monoisotopic (exact) mass is 465 g/mol. The molecule has 0 radical (unpaired) electrons. The number of carbonyl (C=O) groups excluding carboxylic acids is 1. The fourth-order valence-corrected chi connectivity index (χ4v) is 4.40. The number of aromatic nitrogens is 3. The first-order chi connectivity index (χ1) is 16.0. The van der Waals surface area contributed by atoms with Gasteiger partial charge in [-0.2, -0.15) is 4.98 Å². The normalized spacial score (nSPS) is 15.1. The van der Waals surface area contributed by atoms with E-state index >= 15 is 0 Å². The molecule has 0 spiro atoms. The number of rotatable bonds is 9. The fourth-order valence-electron chi connectivity index (χ4n) is 3.85. The maximum absolute atomic E-state index is 12.4. The number of ether oxygens (including phenoxy) is 2. The van der Waals surface area contributed by atoms with Gasteiger partial charge in [0.25, 0.3) is 0 Å². The largest absolute Gasteiger partial charge is 0.493 e. The zero-order valence-corrected chi connectivity index (χ0v) is 19.7. The first-order valence-corrected chi connectivity index (χ1v) is 11.7. The van der Waals surface area contributed by atoms with Crippen LogP contribution in [0.3, 0.4) is 0 Å². The summed E-state index contributed by atoms with van der Waals surface area (Å²) < 4.78 is 13.3. The van der Waals surface area contributed by atoms with Crippen LogP contribution in [0, 0.1) is 0 Å². The van der Waals surface area contributed by atoms with E-state index in [-0.39, 0.29) is 0 Å². The Morgan fingerprint density at radius 2 is 2.00 bits per heavy atom. The molecule has 4 rings (SSSR count). The van der Waals surface area contributed by atoms with Gasteiger partial charge in [0.15, 0.2) is 11.5 Å². The van der Waals surface area contributed by atoms with Crippen LogP contribution in [0.1, 0.15) is 31.0 Å². The second-order valence-corrected chi connectivity index (χ2v) is 8.75. The third-order valence-electron chi connectivity index (χ3n) is 5.37. The van der Waals surface area contributed by atoms with Gasteiger partial charge in [0, 0.05) is 12.1 Å². The molecule has 0 aliphatic carbocycles. The summed E-state index contributed by atoms with van der Waals surface area (Å²) in [4.78, 5) is 16.9. The first-order valence-electron chi connectivity index (χ1n) is 10.7. The highest BCUT2D eigenvalue weighted by Crippen LogP contribution is 2.39. The molecule has 3 N–H and O–H groups in total. The smallest absolute Gasteiger partial charge is 0.248 e. The highest BCUT2D eigenvalue weighted by molar-refractivity contribution is 7.99. The molecule has 2 aromatic carbocycles. The van der Waals surface area contributed by atoms with Crippen LogP contribution in [0.2, 0.25) is 0 Å². The van der Waals surface area contributed by atoms with E-state index in [9.17, 15) is 4.79 Å². The number of fused-ring (bicyclic) bond motifs is 1. The zero-order valence-electron chi connectivity index (χ0n) is 18.9. The van der Waals surface area contributed by atoms with Gasteiger partial charge in [0.1, 0.15) is 6.04 Å². The highest BCUT2D eigenvalue weighted by Gasteiger charge is 2.33. The van der Waals surface area contributed by atoms with Gasteiger partial charge in [-0.15, -0.1) is 5.10 Å². The minimum Gasteiger partial charge on any atom is -0.493 e. The lowest BCUT2D eigenvalue weighted by atomic mass is 9.95. The molecule has 1 aliphatic rings.